The van der Waals surface area contributed by atoms with Gasteiger partial charge in [0.15, 0.2) is 0 Å². The molecule has 0 amide bonds. The van der Waals surface area contributed by atoms with E-state index in [9.17, 15) is 5.11 Å². The van der Waals surface area contributed by atoms with Crippen molar-refractivity contribution in [2.24, 2.45) is 0 Å². The van der Waals surface area contributed by atoms with Crippen molar-refractivity contribution in [3.63, 3.8) is 0 Å². The van der Waals surface area contributed by atoms with Crippen molar-refractivity contribution >= 4 is 0 Å². The number of benzene rings is 1. The molecule has 0 saturated heterocycles. The van der Waals surface area contributed by atoms with Gasteiger partial charge in [0.05, 0.1) is 30.4 Å². The largest absolute Gasteiger partial charge is 0.393 e. The van der Waals surface area contributed by atoms with Gasteiger partial charge in [-0.1, -0.05) is 24.3 Å². The third-order valence-electron chi connectivity index (χ3n) is 3.16. The maximum Gasteiger partial charge on any atom is 0.0956 e. The number of rotatable bonds is 2. The number of hydrogen-bond donors (Lipinski definition) is 1. The van der Waals surface area contributed by atoms with Gasteiger partial charge in [0.2, 0.25) is 0 Å². The minimum atomic E-state index is -0.300. The molecule has 1 N–H and O–H groups in total. The quantitative estimate of drug-likeness (QED) is 0.832. The fourth-order valence-corrected chi connectivity index (χ4v) is 2.50. The van der Waals surface area contributed by atoms with Gasteiger partial charge in [-0.15, -0.1) is 0 Å². The highest BCUT2D eigenvalue weighted by molar-refractivity contribution is 5.68. The average molecular weight is 214 g/mol. The molecule has 2 aromatic rings. The molecule has 1 aliphatic rings. The maximum absolute atomic E-state index is 9.57. The molecule has 3 heteroatoms. The molecule has 82 valence electrons. The Morgan fingerprint density at radius 2 is 2.25 bits per heavy atom. The topological polar surface area (TPSA) is 38.1 Å². The van der Waals surface area contributed by atoms with E-state index in [1.54, 1.807) is 0 Å². The molecular formula is C13H14N2O. The fourth-order valence-electron chi connectivity index (χ4n) is 2.50. The van der Waals surface area contributed by atoms with E-state index in [1.165, 1.54) is 11.1 Å². The zero-order valence-electron chi connectivity index (χ0n) is 9.17. The summed E-state index contributed by atoms with van der Waals surface area (Å²) in [7, 11) is 0. The van der Waals surface area contributed by atoms with Gasteiger partial charge < -0.3 is 9.67 Å². The molecule has 0 fully saturated rings. The van der Waals surface area contributed by atoms with Gasteiger partial charge in [-0.2, -0.15) is 0 Å². The molecular weight excluding hydrogens is 200 g/mol. The lowest BCUT2D eigenvalue weighted by molar-refractivity contribution is 0.170. The summed E-state index contributed by atoms with van der Waals surface area (Å²) in [6, 6.07) is 8.57. The van der Waals surface area contributed by atoms with E-state index < -0.39 is 0 Å². The molecule has 3 rings (SSSR count). The first kappa shape index (κ1) is 9.60. The van der Waals surface area contributed by atoms with Crippen molar-refractivity contribution in [1.82, 2.24) is 9.55 Å². The second-order valence-electron chi connectivity index (χ2n) is 4.37. The van der Waals surface area contributed by atoms with Gasteiger partial charge in [-0.3, -0.25) is 0 Å². The summed E-state index contributed by atoms with van der Waals surface area (Å²) in [5.74, 6) is 0. The summed E-state index contributed by atoms with van der Waals surface area (Å²) in [6.07, 6.45) is 4.18. The van der Waals surface area contributed by atoms with Crippen LogP contribution in [0.4, 0.5) is 0 Å². The van der Waals surface area contributed by atoms with Gasteiger partial charge in [0.1, 0.15) is 0 Å². The molecule has 0 spiro atoms. The molecule has 1 aliphatic heterocycles. The van der Waals surface area contributed by atoms with Gasteiger partial charge in [-0.25, -0.2) is 4.98 Å². The summed E-state index contributed by atoms with van der Waals surface area (Å²) >= 11 is 0. The third-order valence-corrected chi connectivity index (χ3v) is 3.16. The third kappa shape index (κ3) is 1.28. The molecule has 2 atom stereocenters. The summed E-state index contributed by atoms with van der Waals surface area (Å²) in [5, 5.41) is 9.57. The van der Waals surface area contributed by atoms with E-state index in [1.807, 2.05) is 31.6 Å². The predicted molar refractivity (Wildman–Crippen MR) is 62.1 cm³/mol. The van der Waals surface area contributed by atoms with Gasteiger partial charge in [0, 0.05) is 5.56 Å². The second kappa shape index (κ2) is 3.46. The van der Waals surface area contributed by atoms with E-state index in [-0.39, 0.29) is 12.1 Å². The summed E-state index contributed by atoms with van der Waals surface area (Å²) in [6.45, 7) is 1.83. The number of nitrogens with zero attached hydrogens (tertiary/aromatic N) is 2. The Morgan fingerprint density at radius 1 is 1.44 bits per heavy atom. The van der Waals surface area contributed by atoms with Crippen LogP contribution in [0.2, 0.25) is 0 Å². The molecule has 2 heterocycles. The number of aliphatic hydroxyl groups is 1. The molecule has 0 saturated carbocycles. The van der Waals surface area contributed by atoms with Crippen molar-refractivity contribution in [3.8, 4) is 11.3 Å². The van der Waals surface area contributed by atoms with E-state index in [2.05, 4.69) is 21.7 Å². The highest BCUT2D eigenvalue weighted by Crippen LogP contribution is 2.40. The molecule has 2 unspecified atom stereocenters. The Kier molecular flexibility index (Phi) is 2.07. The Balaban J connectivity index is 2.13. The van der Waals surface area contributed by atoms with Crippen LogP contribution in [-0.4, -0.2) is 20.8 Å². The number of aromatic nitrogens is 2. The lowest BCUT2D eigenvalue weighted by Crippen LogP contribution is -2.12. The van der Waals surface area contributed by atoms with Gasteiger partial charge in [0.25, 0.3) is 0 Å². The van der Waals surface area contributed by atoms with Crippen LogP contribution < -0.4 is 0 Å². The highest BCUT2D eigenvalue weighted by Gasteiger charge is 2.28. The summed E-state index contributed by atoms with van der Waals surface area (Å²) in [5.41, 5.74) is 3.69. The Labute approximate surface area is 94.4 Å². The monoisotopic (exact) mass is 214 g/mol. The zero-order valence-corrected chi connectivity index (χ0v) is 9.17. The standard InChI is InChI=1S/C13H14N2O/c1-9(16)6-12-10-4-2-3-5-11(10)13-7-14-8-15(12)13/h2-5,7-9,12,16H,6H2,1H3. The fraction of sp³-hybridized carbons (Fsp3) is 0.308. The van der Waals surface area contributed by atoms with E-state index >= 15 is 0 Å². The van der Waals surface area contributed by atoms with E-state index in [0.717, 1.165) is 12.1 Å². The number of hydrogen-bond acceptors (Lipinski definition) is 2. The average Bonchev–Trinajstić information content (AvgIpc) is 2.82. The molecule has 1 aromatic heterocycles. The van der Waals surface area contributed by atoms with Gasteiger partial charge in [-0.05, 0) is 18.9 Å². The first-order chi connectivity index (χ1) is 7.77. The molecule has 3 nitrogen and oxygen atoms in total. The maximum atomic E-state index is 9.57. The SMILES string of the molecule is CC(O)CC1c2ccccc2-c2cncn21. The van der Waals surface area contributed by atoms with E-state index in [4.69, 9.17) is 0 Å². The lowest BCUT2D eigenvalue weighted by atomic mass is 9.99. The van der Waals surface area contributed by atoms with Crippen LogP contribution in [0.25, 0.3) is 11.3 Å². The summed E-state index contributed by atoms with van der Waals surface area (Å²) < 4.78 is 2.15. The van der Waals surface area contributed by atoms with Crippen LogP contribution >= 0.6 is 0 Å². The second-order valence-corrected chi connectivity index (χ2v) is 4.37. The minimum Gasteiger partial charge on any atom is -0.393 e. The lowest BCUT2D eigenvalue weighted by Gasteiger charge is -2.16. The number of imidazole rings is 1. The van der Waals surface area contributed by atoms with Crippen molar-refractivity contribution in [1.29, 1.82) is 0 Å². The first-order valence-corrected chi connectivity index (χ1v) is 5.56. The molecule has 0 radical (unpaired) electrons. The van der Waals surface area contributed by atoms with Crippen LogP contribution in [0.1, 0.15) is 24.9 Å². The smallest absolute Gasteiger partial charge is 0.0956 e. The Hall–Kier alpha value is -1.61. The Morgan fingerprint density at radius 3 is 3.06 bits per heavy atom. The summed E-state index contributed by atoms with van der Waals surface area (Å²) in [4.78, 5) is 4.18. The molecule has 1 aromatic carbocycles. The predicted octanol–water partition coefficient (Wildman–Crippen LogP) is 2.22. The van der Waals surface area contributed by atoms with Crippen molar-refractivity contribution < 1.29 is 5.11 Å². The van der Waals surface area contributed by atoms with Crippen LogP contribution in [0.15, 0.2) is 36.8 Å². The van der Waals surface area contributed by atoms with Crippen molar-refractivity contribution in [2.45, 2.75) is 25.5 Å². The van der Waals surface area contributed by atoms with Crippen LogP contribution in [0, 0.1) is 0 Å². The zero-order chi connectivity index (χ0) is 11.1. The normalized spacial score (nSPS) is 19.2. The molecule has 0 bridgehead atoms. The van der Waals surface area contributed by atoms with Crippen molar-refractivity contribution in [3.05, 3.63) is 42.4 Å². The van der Waals surface area contributed by atoms with Gasteiger partial charge >= 0.3 is 0 Å². The van der Waals surface area contributed by atoms with Crippen molar-refractivity contribution in [2.75, 3.05) is 0 Å². The molecule has 16 heavy (non-hydrogen) atoms. The van der Waals surface area contributed by atoms with Crippen LogP contribution in [-0.2, 0) is 0 Å². The van der Waals surface area contributed by atoms with E-state index in [0.29, 0.717) is 0 Å². The number of aliphatic hydroxyl groups excluding tert-OH is 1. The van der Waals surface area contributed by atoms with Crippen LogP contribution in [0.3, 0.4) is 0 Å². The minimum absolute atomic E-state index is 0.230. The molecule has 0 aliphatic carbocycles. The first-order valence-electron chi connectivity index (χ1n) is 5.56. The Bertz CT molecular complexity index is 516. The van der Waals surface area contributed by atoms with Crippen LogP contribution in [0.5, 0.6) is 0 Å². The number of fused-ring (bicyclic) bond motifs is 3. The highest BCUT2D eigenvalue weighted by atomic mass is 16.3.